The van der Waals surface area contributed by atoms with E-state index >= 15 is 0 Å². The van der Waals surface area contributed by atoms with Crippen molar-refractivity contribution in [1.82, 2.24) is 0 Å². The van der Waals surface area contributed by atoms with Gasteiger partial charge in [0.2, 0.25) is 0 Å². The van der Waals surface area contributed by atoms with E-state index in [1.165, 1.54) is 36.4 Å². The fourth-order valence-corrected chi connectivity index (χ4v) is 8.61. The largest absolute Gasteiger partial charge is 0.418 e. The van der Waals surface area contributed by atoms with Gasteiger partial charge in [0.05, 0.1) is 0 Å². The first-order valence-corrected chi connectivity index (χ1v) is 16.6. The monoisotopic (exact) mass is 354 g/mol. The van der Waals surface area contributed by atoms with Crippen molar-refractivity contribution in [3.8, 4) is 0 Å². The van der Waals surface area contributed by atoms with Gasteiger partial charge in [0, 0.05) is 13.2 Å². The Kier molecular flexibility index (Phi) is 11.1. The summed E-state index contributed by atoms with van der Waals surface area (Å²) in [6.07, 6.45) is 2.50. The van der Waals surface area contributed by atoms with Gasteiger partial charge in [-0.05, 0) is 76.5 Å². The summed E-state index contributed by atoms with van der Waals surface area (Å²) >= 11 is 5.62. The van der Waals surface area contributed by atoms with Crippen LogP contribution in [0.4, 0.5) is 0 Å². The summed E-state index contributed by atoms with van der Waals surface area (Å²) in [5, 5.41) is 0. The molecule has 0 spiro atoms. The summed E-state index contributed by atoms with van der Waals surface area (Å²) in [4.78, 5) is 0. The topological polar surface area (TPSA) is 18.5 Å². The van der Waals surface area contributed by atoms with Crippen molar-refractivity contribution in [1.29, 1.82) is 0 Å². The molecule has 0 unspecified atom stereocenters. The summed E-state index contributed by atoms with van der Waals surface area (Å²) in [6, 6.07) is 2.50. The van der Waals surface area contributed by atoms with Gasteiger partial charge in [0.1, 0.15) is 0 Å². The molecule has 0 aromatic carbocycles. The first kappa shape index (κ1) is 20.9. The molecular formula is C14H34O2S2Si2. The van der Waals surface area contributed by atoms with Crippen LogP contribution in [-0.2, 0) is 29.5 Å². The van der Waals surface area contributed by atoms with Crippen LogP contribution in [-0.4, -0.2) is 41.4 Å². The van der Waals surface area contributed by atoms with Crippen LogP contribution in [0.3, 0.4) is 0 Å². The average Bonchev–Trinajstić information content (AvgIpc) is 2.27. The Balaban J connectivity index is 3.75. The second kappa shape index (κ2) is 10.6. The van der Waals surface area contributed by atoms with Crippen LogP contribution in [0.15, 0.2) is 0 Å². The molecule has 0 radical (unpaired) electrons. The summed E-state index contributed by atoms with van der Waals surface area (Å²) < 4.78 is 11.7. The molecule has 0 bridgehead atoms. The van der Waals surface area contributed by atoms with Crippen LogP contribution in [0.5, 0.6) is 0 Å². The quantitative estimate of drug-likeness (QED) is 0.486. The normalized spacial score (nSPS) is 13.2. The van der Waals surface area contributed by atoms with Gasteiger partial charge in [-0.3, -0.25) is 0 Å². The van der Waals surface area contributed by atoms with Gasteiger partial charge in [-0.25, -0.2) is 0 Å². The molecule has 0 atom stereocenters. The Hall–Kier alpha value is 0.924. The third kappa shape index (κ3) is 11.6. The number of hydrogen-bond donors (Lipinski definition) is 0. The van der Waals surface area contributed by atoms with Gasteiger partial charge in [-0.2, -0.15) is 0 Å². The minimum Gasteiger partial charge on any atom is -0.418 e. The molecule has 0 amide bonds. The Morgan fingerprint density at radius 3 is 1.45 bits per heavy atom. The van der Waals surface area contributed by atoms with E-state index < -0.39 is 16.6 Å². The molecule has 122 valence electrons. The molecule has 0 aliphatic rings. The molecular weight excluding hydrogens is 320 g/mol. The molecule has 0 heterocycles. The third-order valence-electron chi connectivity index (χ3n) is 3.37. The van der Waals surface area contributed by atoms with Crippen molar-refractivity contribution in [2.75, 3.05) is 24.7 Å². The van der Waals surface area contributed by atoms with E-state index in [2.05, 4.69) is 40.0 Å². The van der Waals surface area contributed by atoms with Crippen LogP contribution in [0.1, 0.15) is 26.7 Å². The third-order valence-corrected chi connectivity index (χ3v) is 11.1. The summed E-state index contributed by atoms with van der Waals surface area (Å²) in [7, 11) is -2.62. The van der Waals surface area contributed by atoms with E-state index in [4.69, 9.17) is 20.0 Å². The molecule has 0 N–H and O–H groups in total. The lowest BCUT2D eigenvalue weighted by Crippen LogP contribution is -2.31. The van der Waals surface area contributed by atoms with E-state index in [0.717, 1.165) is 13.2 Å². The zero-order valence-corrected chi connectivity index (χ0v) is 17.9. The van der Waals surface area contributed by atoms with E-state index in [-0.39, 0.29) is 9.45 Å². The Bertz CT molecular complexity index is 258. The minimum atomic E-state index is -1.40. The number of hydrogen-bond acceptors (Lipinski definition) is 3. The first-order valence-electron chi connectivity index (χ1n) is 7.85. The smallest absolute Gasteiger partial charge is 0.186 e. The van der Waals surface area contributed by atoms with Crippen LogP contribution in [0.25, 0.3) is 0 Å². The molecule has 0 saturated heterocycles. The van der Waals surface area contributed by atoms with Crippen molar-refractivity contribution in [2.24, 2.45) is 0 Å². The van der Waals surface area contributed by atoms with Crippen molar-refractivity contribution >= 4 is 37.3 Å². The highest BCUT2D eigenvalue weighted by atomic mass is 32.8. The predicted molar refractivity (Wildman–Crippen MR) is 102 cm³/mol. The SMILES string of the molecule is CCO[Si](C)(C)CCCS(=S)CCC[Si](C)(C)OCC. The van der Waals surface area contributed by atoms with Gasteiger partial charge < -0.3 is 8.85 Å². The van der Waals surface area contributed by atoms with E-state index in [1.807, 2.05) is 0 Å². The highest BCUT2D eigenvalue weighted by Crippen LogP contribution is 2.16. The van der Waals surface area contributed by atoms with Gasteiger partial charge in [-0.1, -0.05) is 11.2 Å². The predicted octanol–water partition coefficient (Wildman–Crippen LogP) is 4.33. The van der Waals surface area contributed by atoms with Gasteiger partial charge in [0.15, 0.2) is 16.6 Å². The minimum absolute atomic E-state index is 0.169. The second-order valence-corrected chi connectivity index (χ2v) is 18.2. The maximum atomic E-state index is 5.86. The standard InChI is InChI=1S/C14H34O2S2Si2/c1-7-15-19(3,4)13-9-11-18(17)12-10-14-20(5,6)16-8-2/h7-14H2,1-6H3. The molecule has 2 nitrogen and oxygen atoms in total. The summed E-state index contributed by atoms with van der Waals surface area (Å²) in [6.45, 7) is 15.2. The lowest BCUT2D eigenvalue weighted by Gasteiger charge is -2.22. The van der Waals surface area contributed by atoms with Crippen molar-refractivity contribution in [2.45, 2.75) is 65.0 Å². The second-order valence-electron chi connectivity index (χ2n) is 6.44. The zero-order chi connectivity index (χ0) is 15.6. The zero-order valence-electron chi connectivity index (χ0n) is 14.3. The molecule has 6 heteroatoms. The van der Waals surface area contributed by atoms with E-state index in [0.29, 0.717) is 0 Å². The van der Waals surface area contributed by atoms with Crippen LogP contribution >= 0.6 is 0 Å². The molecule has 0 fully saturated rings. The molecule has 0 rings (SSSR count). The van der Waals surface area contributed by atoms with Crippen molar-refractivity contribution in [3.63, 3.8) is 0 Å². The molecule has 0 saturated carbocycles. The van der Waals surface area contributed by atoms with Gasteiger partial charge in [0.25, 0.3) is 0 Å². The Morgan fingerprint density at radius 2 is 1.15 bits per heavy atom. The van der Waals surface area contributed by atoms with Crippen molar-refractivity contribution in [3.05, 3.63) is 0 Å². The number of rotatable bonds is 12. The fraction of sp³-hybridized carbons (Fsp3) is 1.00. The molecule has 0 aliphatic carbocycles. The van der Waals surface area contributed by atoms with Crippen LogP contribution in [0.2, 0.25) is 38.3 Å². The van der Waals surface area contributed by atoms with E-state index in [9.17, 15) is 0 Å². The summed E-state index contributed by atoms with van der Waals surface area (Å²) in [5.74, 6) is 2.41. The van der Waals surface area contributed by atoms with E-state index in [1.54, 1.807) is 0 Å². The van der Waals surface area contributed by atoms with Crippen LogP contribution in [0, 0.1) is 0 Å². The Labute approximate surface area is 135 Å². The maximum Gasteiger partial charge on any atom is 0.186 e. The Morgan fingerprint density at radius 1 is 0.800 bits per heavy atom. The maximum absolute atomic E-state index is 5.86. The van der Waals surface area contributed by atoms with Crippen LogP contribution < -0.4 is 0 Å². The highest BCUT2D eigenvalue weighted by molar-refractivity contribution is 8.28. The highest BCUT2D eigenvalue weighted by Gasteiger charge is 2.22. The molecule has 20 heavy (non-hydrogen) atoms. The first-order chi connectivity index (χ1) is 9.22. The molecule has 0 aromatic heterocycles. The molecule has 0 aliphatic heterocycles. The molecule has 0 aromatic rings. The van der Waals surface area contributed by atoms with Gasteiger partial charge >= 0.3 is 0 Å². The summed E-state index contributed by atoms with van der Waals surface area (Å²) in [5.41, 5.74) is 0. The lowest BCUT2D eigenvalue weighted by atomic mass is 10.6. The fourth-order valence-electron chi connectivity index (χ4n) is 2.35. The average molecular weight is 355 g/mol. The lowest BCUT2D eigenvalue weighted by molar-refractivity contribution is 0.328. The van der Waals surface area contributed by atoms with Crippen molar-refractivity contribution < 1.29 is 8.85 Å². The van der Waals surface area contributed by atoms with Gasteiger partial charge in [-0.15, -0.1) is 9.45 Å².